The quantitative estimate of drug-likeness (QED) is 0.683. The molecule has 1 aliphatic rings. The third kappa shape index (κ3) is 3.71. The van der Waals surface area contributed by atoms with Crippen molar-refractivity contribution in [1.82, 2.24) is 14.9 Å². The van der Waals surface area contributed by atoms with Gasteiger partial charge in [-0.1, -0.05) is 23.7 Å². The number of rotatable bonds is 5. The van der Waals surface area contributed by atoms with Gasteiger partial charge < -0.3 is 9.64 Å². The van der Waals surface area contributed by atoms with Gasteiger partial charge in [0.15, 0.2) is 0 Å². The van der Waals surface area contributed by atoms with Gasteiger partial charge in [-0.15, -0.1) is 11.3 Å². The Morgan fingerprint density at radius 2 is 1.92 bits per heavy atom. The lowest BCUT2D eigenvalue weighted by Crippen LogP contribution is -2.47. The van der Waals surface area contributed by atoms with Gasteiger partial charge >= 0.3 is 0 Å². The van der Waals surface area contributed by atoms with Crippen molar-refractivity contribution in [2.45, 2.75) is 0 Å². The van der Waals surface area contributed by atoms with Gasteiger partial charge in [-0.2, -0.15) is 0 Å². The lowest BCUT2D eigenvalue weighted by molar-refractivity contribution is 0.200. The Morgan fingerprint density at radius 3 is 2.76 bits per heavy atom. The van der Waals surface area contributed by atoms with Crippen molar-refractivity contribution in [3.05, 3.63) is 47.1 Å². The minimum absolute atomic E-state index is 0.645. The molecule has 0 bridgehead atoms. The van der Waals surface area contributed by atoms with E-state index in [-0.39, 0.29) is 0 Å². The Kier molecular flexibility index (Phi) is 5.01. The van der Waals surface area contributed by atoms with Gasteiger partial charge in [0.25, 0.3) is 0 Å². The second kappa shape index (κ2) is 7.56. The van der Waals surface area contributed by atoms with Crippen molar-refractivity contribution in [3.63, 3.8) is 0 Å². The molecule has 130 valence electrons. The molecule has 3 aromatic rings. The van der Waals surface area contributed by atoms with Crippen LogP contribution in [0.5, 0.6) is 5.75 Å². The topological polar surface area (TPSA) is 41.5 Å². The summed E-state index contributed by atoms with van der Waals surface area (Å²) >= 11 is 7.78. The number of benzene rings is 1. The predicted molar refractivity (Wildman–Crippen MR) is 103 cm³/mol. The molecule has 25 heavy (non-hydrogen) atoms. The van der Waals surface area contributed by atoms with Crippen LogP contribution in [0.4, 0.5) is 5.82 Å². The first-order valence-corrected chi connectivity index (χ1v) is 9.60. The lowest BCUT2D eigenvalue weighted by Gasteiger charge is -2.35. The largest absolute Gasteiger partial charge is 0.491 e. The first-order valence-electron chi connectivity index (χ1n) is 8.34. The maximum absolute atomic E-state index is 6.11. The first kappa shape index (κ1) is 16.6. The first-order chi connectivity index (χ1) is 12.3. The summed E-state index contributed by atoms with van der Waals surface area (Å²) in [7, 11) is 0. The van der Waals surface area contributed by atoms with E-state index in [0.717, 1.165) is 54.5 Å². The Morgan fingerprint density at radius 1 is 1.08 bits per heavy atom. The zero-order chi connectivity index (χ0) is 17.1. The van der Waals surface area contributed by atoms with Gasteiger partial charge in [0, 0.05) is 32.7 Å². The second-order valence-corrected chi connectivity index (χ2v) is 7.25. The van der Waals surface area contributed by atoms with Crippen molar-refractivity contribution in [2.75, 3.05) is 44.2 Å². The normalized spacial score (nSPS) is 15.6. The van der Waals surface area contributed by atoms with Crippen LogP contribution in [0.3, 0.4) is 0 Å². The van der Waals surface area contributed by atoms with Crippen molar-refractivity contribution < 1.29 is 4.74 Å². The van der Waals surface area contributed by atoms with E-state index in [1.165, 1.54) is 0 Å². The molecule has 0 spiro atoms. The van der Waals surface area contributed by atoms with Gasteiger partial charge in [-0.05, 0) is 23.6 Å². The molecule has 0 radical (unpaired) electrons. The molecule has 0 unspecified atom stereocenters. The number of hydrogen-bond donors (Lipinski definition) is 0. The minimum atomic E-state index is 0.645. The highest BCUT2D eigenvalue weighted by Crippen LogP contribution is 2.27. The number of piperazine rings is 1. The molecule has 4 rings (SSSR count). The van der Waals surface area contributed by atoms with Gasteiger partial charge in [-0.3, -0.25) is 4.90 Å². The van der Waals surface area contributed by atoms with Crippen LogP contribution >= 0.6 is 22.9 Å². The number of fused-ring (bicyclic) bond motifs is 1. The molecule has 5 nitrogen and oxygen atoms in total. The molecule has 1 fully saturated rings. The monoisotopic (exact) mass is 374 g/mol. The predicted octanol–water partition coefficient (Wildman–Crippen LogP) is 3.55. The summed E-state index contributed by atoms with van der Waals surface area (Å²) in [6.45, 7) is 5.48. The Labute approximate surface area is 155 Å². The van der Waals surface area contributed by atoms with E-state index in [0.29, 0.717) is 11.6 Å². The maximum Gasteiger partial charge on any atom is 0.140 e. The van der Waals surface area contributed by atoms with E-state index in [1.54, 1.807) is 17.7 Å². The number of nitrogens with zero attached hydrogens (tertiary/aromatic N) is 4. The van der Waals surface area contributed by atoms with Crippen LogP contribution in [-0.2, 0) is 0 Å². The molecule has 7 heteroatoms. The fourth-order valence-corrected chi connectivity index (χ4v) is 3.98. The molecule has 1 aromatic carbocycles. The minimum Gasteiger partial charge on any atom is -0.491 e. The highest BCUT2D eigenvalue weighted by atomic mass is 35.5. The van der Waals surface area contributed by atoms with Crippen LogP contribution < -0.4 is 9.64 Å². The van der Waals surface area contributed by atoms with Crippen LogP contribution in [0.15, 0.2) is 42.0 Å². The number of anilines is 1. The van der Waals surface area contributed by atoms with Crippen molar-refractivity contribution in [1.29, 1.82) is 0 Å². The number of aromatic nitrogens is 2. The highest BCUT2D eigenvalue weighted by Gasteiger charge is 2.20. The van der Waals surface area contributed by atoms with Gasteiger partial charge in [-0.25, -0.2) is 9.97 Å². The molecule has 1 saturated heterocycles. The van der Waals surface area contributed by atoms with Crippen molar-refractivity contribution in [2.24, 2.45) is 0 Å². The molecule has 0 atom stereocenters. The standard InChI is InChI=1S/C18H19ClN4OS/c19-15-3-1-2-4-16(15)24-11-10-22-6-8-23(9-7-22)17-14-5-12-25-18(14)21-13-20-17/h1-5,12-13H,6-11H2. The smallest absolute Gasteiger partial charge is 0.140 e. The average molecular weight is 375 g/mol. The highest BCUT2D eigenvalue weighted by molar-refractivity contribution is 7.16. The van der Waals surface area contributed by atoms with E-state index in [1.807, 2.05) is 24.3 Å². The van der Waals surface area contributed by atoms with Crippen LogP contribution in [0, 0.1) is 0 Å². The van der Waals surface area contributed by atoms with Crippen molar-refractivity contribution >= 4 is 39.0 Å². The van der Waals surface area contributed by atoms with E-state index in [2.05, 4.69) is 31.2 Å². The second-order valence-electron chi connectivity index (χ2n) is 5.94. The molecule has 0 aliphatic carbocycles. The molecule has 2 aromatic heterocycles. The third-order valence-electron chi connectivity index (χ3n) is 4.41. The zero-order valence-electron chi connectivity index (χ0n) is 13.8. The summed E-state index contributed by atoms with van der Waals surface area (Å²) in [6.07, 6.45) is 1.66. The fourth-order valence-electron chi connectivity index (χ4n) is 3.06. The lowest BCUT2D eigenvalue weighted by atomic mass is 10.2. The molecule has 0 amide bonds. The van der Waals surface area contributed by atoms with Gasteiger partial charge in [0.1, 0.15) is 29.3 Å². The van der Waals surface area contributed by atoms with Gasteiger partial charge in [0.05, 0.1) is 10.4 Å². The summed E-state index contributed by atoms with van der Waals surface area (Å²) in [5.41, 5.74) is 0. The number of hydrogen-bond acceptors (Lipinski definition) is 6. The summed E-state index contributed by atoms with van der Waals surface area (Å²) in [4.78, 5) is 14.7. The average Bonchev–Trinajstić information content (AvgIpc) is 3.13. The summed E-state index contributed by atoms with van der Waals surface area (Å²) in [6, 6.07) is 9.71. The molecule has 0 N–H and O–H groups in total. The van der Waals surface area contributed by atoms with Crippen LogP contribution in [0.1, 0.15) is 0 Å². The molecular formula is C18H19ClN4OS. The van der Waals surface area contributed by atoms with Crippen LogP contribution in [0.25, 0.3) is 10.2 Å². The number of ether oxygens (including phenoxy) is 1. The van der Waals surface area contributed by atoms with E-state index >= 15 is 0 Å². The Hall–Kier alpha value is -1.89. The SMILES string of the molecule is Clc1ccccc1OCCN1CCN(c2ncnc3sccc23)CC1. The zero-order valence-corrected chi connectivity index (χ0v) is 15.3. The molecule has 3 heterocycles. The number of thiophene rings is 1. The summed E-state index contributed by atoms with van der Waals surface area (Å²) in [5.74, 6) is 1.81. The summed E-state index contributed by atoms with van der Waals surface area (Å²) < 4.78 is 5.79. The molecular weight excluding hydrogens is 356 g/mol. The Balaban J connectivity index is 1.30. The van der Waals surface area contributed by atoms with Crippen LogP contribution in [0.2, 0.25) is 5.02 Å². The van der Waals surface area contributed by atoms with Gasteiger partial charge in [0.2, 0.25) is 0 Å². The number of para-hydroxylation sites is 1. The van der Waals surface area contributed by atoms with Crippen LogP contribution in [-0.4, -0.2) is 54.2 Å². The van der Waals surface area contributed by atoms with E-state index < -0.39 is 0 Å². The Bertz CT molecular complexity index is 848. The van der Waals surface area contributed by atoms with E-state index in [4.69, 9.17) is 16.3 Å². The fraction of sp³-hybridized carbons (Fsp3) is 0.333. The van der Waals surface area contributed by atoms with E-state index in [9.17, 15) is 0 Å². The number of halogens is 1. The maximum atomic E-state index is 6.11. The molecule has 1 aliphatic heterocycles. The summed E-state index contributed by atoms with van der Waals surface area (Å²) in [5, 5.41) is 3.89. The third-order valence-corrected chi connectivity index (χ3v) is 5.55. The molecule has 0 saturated carbocycles. The van der Waals surface area contributed by atoms with Crippen molar-refractivity contribution in [3.8, 4) is 5.75 Å².